The highest BCUT2D eigenvalue weighted by molar-refractivity contribution is 7.87. The van der Waals surface area contributed by atoms with Crippen LogP contribution in [0.2, 0.25) is 0 Å². The fourth-order valence-electron chi connectivity index (χ4n) is 2.12. The minimum absolute atomic E-state index is 0.354. The van der Waals surface area contributed by atoms with E-state index < -0.39 is 15.7 Å². The lowest BCUT2D eigenvalue weighted by Crippen LogP contribution is -2.58. The second kappa shape index (κ2) is 8.09. The molecular weight excluding hydrogens is 250 g/mol. The first-order valence-corrected chi connectivity index (χ1v) is 8.35. The van der Waals surface area contributed by atoms with Crippen LogP contribution < -0.4 is 10.5 Å². The molecule has 0 heterocycles. The maximum atomic E-state index is 12.4. The van der Waals surface area contributed by atoms with Crippen molar-refractivity contribution < 1.29 is 8.42 Å². The Balaban J connectivity index is 5.26. The van der Waals surface area contributed by atoms with Gasteiger partial charge < -0.3 is 5.73 Å². The Morgan fingerprint density at radius 3 is 2.00 bits per heavy atom. The summed E-state index contributed by atoms with van der Waals surface area (Å²) in [6.07, 6.45) is 3.03. The van der Waals surface area contributed by atoms with Crippen molar-refractivity contribution in [1.29, 1.82) is 0 Å². The van der Waals surface area contributed by atoms with Gasteiger partial charge in [-0.3, -0.25) is 0 Å². The largest absolute Gasteiger partial charge is 0.329 e. The topological polar surface area (TPSA) is 75.4 Å². The molecule has 0 saturated carbocycles. The molecule has 0 bridgehead atoms. The van der Waals surface area contributed by atoms with E-state index in [0.29, 0.717) is 19.6 Å². The highest BCUT2D eigenvalue weighted by Gasteiger charge is 2.39. The molecule has 0 aliphatic carbocycles. The Morgan fingerprint density at radius 1 is 1.11 bits per heavy atom. The smallest absolute Gasteiger partial charge is 0.279 e. The van der Waals surface area contributed by atoms with Crippen molar-refractivity contribution in [2.75, 3.05) is 19.6 Å². The van der Waals surface area contributed by atoms with Gasteiger partial charge >= 0.3 is 0 Å². The van der Waals surface area contributed by atoms with E-state index in [4.69, 9.17) is 5.73 Å². The van der Waals surface area contributed by atoms with Crippen molar-refractivity contribution in [2.45, 2.75) is 58.9 Å². The van der Waals surface area contributed by atoms with Crippen LogP contribution in [-0.2, 0) is 10.2 Å². The van der Waals surface area contributed by atoms with Crippen LogP contribution in [0.15, 0.2) is 0 Å². The van der Waals surface area contributed by atoms with Crippen LogP contribution in [-0.4, -0.2) is 37.9 Å². The highest BCUT2D eigenvalue weighted by atomic mass is 32.2. The van der Waals surface area contributed by atoms with Crippen LogP contribution in [0, 0.1) is 0 Å². The maximum Gasteiger partial charge on any atom is 0.279 e. The van der Waals surface area contributed by atoms with E-state index in [0.717, 1.165) is 25.7 Å². The lowest BCUT2D eigenvalue weighted by atomic mass is 9.93. The summed E-state index contributed by atoms with van der Waals surface area (Å²) in [6, 6.07) is 0. The van der Waals surface area contributed by atoms with E-state index >= 15 is 0 Å². The predicted molar refractivity (Wildman–Crippen MR) is 76.6 cm³/mol. The summed E-state index contributed by atoms with van der Waals surface area (Å²) < 4.78 is 28.9. The van der Waals surface area contributed by atoms with Crippen molar-refractivity contribution in [1.82, 2.24) is 9.03 Å². The lowest BCUT2D eigenvalue weighted by Gasteiger charge is -2.41. The summed E-state index contributed by atoms with van der Waals surface area (Å²) in [7, 11) is -3.44. The van der Waals surface area contributed by atoms with Gasteiger partial charge in [-0.15, -0.1) is 0 Å². The molecule has 6 heteroatoms. The second-order valence-corrected chi connectivity index (χ2v) is 6.29. The maximum absolute atomic E-state index is 12.4. The van der Waals surface area contributed by atoms with Crippen molar-refractivity contribution in [3.05, 3.63) is 0 Å². The fourth-order valence-corrected chi connectivity index (χ4v) is 4.00. The minimum Gasteiger partial charge on any atom is -0.329 e. The highest BCUT2D eigenvalue weighted by Crippen LogP contribution is 2.25. The first-order chi connectivity index (χ1) is 8.44. The van der Waals surface area contributed by atoms with E-state index in [1.807, 2.05) is 27.7 Å². The van der Waals surface area contributed by atoms with Gasteiger partial charge in [0, 0.05) is 25.2 Å². The monoisotopic (exact) mass is 279 g/mol. The molecule has 0 aromatic rings. The van der Waals surface area contributed by atoms with Crippen molar-refractivity contribution in [2.24, 2.45) is 5.73 Å². The zero-order chi connectivity index (χ0) is 14.2. The van der Waals surface area contributed by atoms with Crippen LogP contribution in [0.4, 0.5) is 0 Å². The SMILES string of the molecule is CCCNS(=O)(=O)N(CCC)C(CC)(CC)CN. The minimum atomic E-state index is -3.44. The molecule has 0 aromatic heterocycles. The molecule has 0 aromatic carbocycles. The van der Waals surface area contributed by atoms with Crippen molar-refractivity contribution >= 4 is 10.2 Å². The van der Waals surface area contributed by atoms with Crippen LogP contribution in [0.5, 0.6) is 0 Å². The van der Waals surface area contributed by atoms with E-state index in [1.165, 1.54) is 0 Å². The van der Waals surface area contributed by atoms with Gasteiger partial charge in [-0.25, -0.2) is 4.72 Å². The van der Waals surface area contributed by atoms with Gasteiger partial charge in [0.15, 0.2) is 0 Å². The van der Waals surface area contributed by atoms with Gasteiger partial charge in [-0.05, 0) is 25.7 Å². The summed E-state index contributed by atoms with van der Waals surface area (Å²) in [5.41, 5.74) is 5.39. The lowest BCUT2D eigenvalue weighted by molar-refractivity contribution is 0.175. The van der Waals surface area contributed by atoms with Crippen LogP contribution in [0.3, 0.4) is 0 Å². The summed E-state index contributed by atoms with van der Waals surface area (Å²) in [5, 5.41) is 0. The third kappa shape index (κ3) is 4.19. The summed E-state index contributed by atoms with van der Waals surface area (Å²) in [6.45, 7) is 9.25. The Labute approximate surface area is 112 Å². The molecule has 0 rings (SSSR count). The van der Waals surface area contributed by atoms with E-state index in [9.17, 15) is 8.42 Å². The molecule has 0 unspecified atom stereocenters. The zero-order valence-corrected chi connectivity index (χ0v) is 13.0. The number of nitrogens with zero attached hydrogens (tertiary/aromatic N) is 1. The second-order valence-electron chi connectivity index (χ2n) is 4.61. The molecular formula is C12H29N3O2S. The summed E-state index contributed by atoms with van der Waals surface area (Å²) in [5.74, 6) is 0. The predicted octanol–water partition coefficient (Wildman–Crippen LogP) is 1.46. The average Bonchev–Trinajstić information content (AvgIpc) is 2.37. The molecule has 0 fully saturated rings. The quantitative estimate of drug-likeness (QED) is 0.635. The molecule has 0 amide bonds. The molecule has 18 heavy (non-hydrogen) atoms. The first-order valence-electron chi connectivity index (χ1n) is 6.91. The molecule has 0 aliphatic heterocycles. The third-order valence-corrected chi connectivity index (χ3v) is 5.20. The number of nitrogens with one attached hydrogen (secondary N) is 1. The number of nitrogens with two attached hydrogens (primary N) is 1. The molecule has 0 radical (unpaired) electrons. The average molecular weight is 279 g/mol. The van der Waals surface area contributed by atoms with Gasteiger partial charge in [0.1, 0.15) is 0 Å². The molecule has 0 spiro atoms. The molecule has 110 valence electrons. The van der Waals surface area contributed by atoms with Crippen LogP contribution >= 0.6 is 0 Å². The van der Waals surface area contributed by atoms with Crippen molar-refractivity contribution in [3.8, 4) is 0 Å². The summed E-state index contributed by atoms with van der Waals surface area (Å²) in [4.78, 5) is 0. The Bertz CT molecular complexity index is 305. The Hall–Kier alpha value is -0.170. The normalized spacial score (nSPS) is 13.2. The van der Waals surface area contributed by atoms with Crippen LogP contribution in [0.25, 0.3) is 0 Å². The summed E-state index contributed by atoms with van der Waals surface area (Å²) >= 11 is 0. The van der Waals surface area contributed by atoms with Gasteiger partial charge in [0.05, 0.1) is 0 Å². The van der Waals surface area contributed by atoms with E-state index in [-0.39, 0.29) is 0 Å². The van der Waals surface area contributed by atoms with E-state index in [2.05, 4.69) is 4.72 Å². The molecule has 0 atom stereocenters. The Kier molecular flexibility index (Phi) is 8.02. The van der Waals surface area contributed by atoms with Gasteiger partial charge in [-0.2, -0.15) is 12.7 Å². The number of hydrogen-bond acceptors (Lipinski definition) is 3. The number of rotatable bonds is 10. The van der Waals surface area contributed by atoms with Gasteiger partial charge in [-0.1, -0.05) is 27.7 Å². The molecule has 3 N–H and O–H groups in total. The van der Waals surface area contributed by atoms with Gasteiger partial charge in [0.2, 0.25) is 0 Å². The third-order valence-electron chi connectivity index (χ3n) is 3.48. The van der Waals surface area contributed by atoms with Gasteiger partial charge in [0.25, 0.3) is 10.2 Å². The van der Waals surface area contributed by atoms with E-state index in [1.54, 1.807) is 4.31 Å². The number of hydrogen-bond donors (Lipinski definition) is 2. The molecule has 5 nitrogen and oxygen atoms in total. The standard InChI is InChI=1S/C12H29N3O2S/c1-5-9-14-18(16,17)15(10-6-2)12(7-3,8-4)11-13/h14H,5-11,13H2,1-4H3. The Morgan fingerprint density at radius 2 is 1.67 bits per heavy atom. The molecule has 0 saturated heterocycles. The fraction of sp³-hybridized carbons (Fsp3) is 1.00. The first kappa shape index (κ1) is 17.8. The zero-order valence-electron chi connectivity index (χ0n) is 12.2. The van der Waals surface area contributed by atoms with Crippen molar-refractivity contribution in [3.63, 3.8) is 0 Å². The van der Waals surface area contributed by atoms with Crippen LogP contribution in [0.1, 0.15) is 53.4 Å². The molecule has 0 aliphatic rings.